The Morgan fingerprint density at radius 1 is 0.962 bits per heavy atom. The molecule has 13 heteroatoms. The number of aliphatic hydroxyl groups is 4. The number of hydrogen-bond donors (Lipinski definition) is 4. The van der Waals surface area contributed by atoms with Gasteiger partial charge in [0.25, 0.3) is 0 Å². The molecule has 0 saturated carbocycles. The van der Waals surface area contributed by atoms with E-state index in [-0.39, 0.29) is 25.0 Å². The number of rotatable bonds is 10. The molecule has 308 valence electrons. The van der Waals surface area contributed by atoms with Gasteiger partial charge in [0.05, 0.1) is 35.9 Å². The van der Waals surface area contributed by atoms with Gasteiger partial charge < -0.3 is 58.5 Å². The van der Waals surface area contributed by atoms with Crippen molar-refractivity contribution in [2.24, 2.45) is 17.8 Å². The van der Waals surface area contributed by atoms with Gasteiger partial charge in [0.1, 0.15) is 41.4 Å². The van der Waals surface area contributed by atoms with Gasteiger partial charge in [-0.15, -0.1) is 0 Å². The van der Waals surface area contributed by atoms with Crippen molar-refractivity contribution in [1.29, 1.82) is 0 Å². The van der Waals surface area contributed by atoms with Gasteiger partial charge in [0.2, 0.25) is 0 Å². The molecule has 53 heavy (non-hydrogen) atoms. The van der Waals surface area contributed by atoms with E-state index in [4.69, 9.17) is 33.2 Å². The maximum absolute atomic E-state index is 14.2. The average Bonchev–Trinajstić information content (AvgIpc) is 3.42. The monoisotopic (exact) mass is 757 g/mol. The van der Waals surface area contributed by atoms with Crippen molar-refractivity contribution in [3.8, 4) is 0 Å². The minimum absolute atomic E-state index is 0.174. The van der Waals surface area contributed by atoms with Gasteiger partial charge >= 0.3 is 5.97 Å². The molecule has 0 aromatic heterocycles. The molecule has 4 aliphatic rings. The first-order chi connectivity index (χ1) is 24.6. The summed E-state index contributed by atoms with van der Waals surface area (Å²) in [5, 5.41) is 46.3. The number of ether oxygens (including phenoxy) is 7. The summed E-state index contributed by atoms with van der Waals surface area (Å²) in [6.45, 7) is 21.0. The molecule has 0 spiro atoms. The highest BCUT2D eigenvalue weighted by Gasteiger charge is 2.56. The van der Waals surface area contributed by atoms with E-state index in [9.17, 15) is 25.2 Å². The standard InChI is InChI=1S/C40H71NO12/c1-14-16-17-41(12)27-18-22(4)48-37(30(27)42)52-35-24(6)32(51-29-20-38(9,47-13)34(44)26(8)49-29)25(7)36(45)50-28(15-2)40(11,46)33(43)23(5)31-21(3)19-39(35,10)53-31/h22-30,32-35,37,42-44,46H,14-20H2,1-13H3/t22-,23+,24+,25-,26+,27+,28-,29+,30-,32+,33-,34+,35-,37+,38-,39-,40-/m1/s1. The lowest BCUT2D eigenvalue weighted by atomic mass is 9.78. The van der Waals surface area contributed by atoms with Gasteiger partial charge in [0, 0.05) is 37.8 Å². The van der Waals surface area contributed by atoms with Crippen molar-refractivity contribution < 1.29 is 58.4 Å². The minimum atomic E-state index is -1.82. The number of likely N-dealkylation sites (N-methyl/N-ethyl adjacent to an activating group) is 1. The molecular weight excluding hydrogens is 686 g/mol. The smallest absolute Gasteiger partial charge is 0.311 e. The fraction of sp³-hybridized carbons (Fsp3) is 0.925. The summed E-state index contributed by atoms with van der Waals surface area (Å²) < 4.78 is 45.0. The number of esters is 1. The Kier molecular flexibility index (Phi) is 14.6. The molecule has 3 fully saturated rings. The average molecular weight is 758 g/mol. The Hall–Kier alpha value is -1.39. The third-order valence-corrected chi connectivity index (χ3v) is 12.7. The normalized spacial score (nSPS) is 47.4. The molecule has 0 unspecified atom stereocenters. The fourth-order valence-electron chi connectivity index (χ4n) is 9.23. The minimum Gasteiger partial charge on any atom is -0.489 e. The molecular formula is C40H71NO12. The van der Waals surface area contributed by atoms with Gasteiger partial charge in [-0.3, -0.25) is 4.79 Å². The Morgan fingerprint density at radius 3 is 2.23 bits per heavy atom. The first-order valence-electron chi connectivity index (χ1n) is 19.9. The maximum Gasteiger partial charge on any atom is 0.311 e. The number of methoxy groups -OCH3 is 1. The van der Waals surface area contributed by atoms with Crippen molar-refractivity contribution in [1.82, 2.24) is 4.90 Å². The summed E-state index contributed by atoms with van der Waals surface area (Å²) >= 11 is 0. The van der Waals surface area contributed by atoms with Crippen LogP contribution in [0.5, 0.6) is 0 Å². The predicted molar refractivity (Wildman–Crippen MR) is 198 cm³/mol. The van der Waals surface area contributed by atoms with Crippen LogP contribution in [0.2, 0.25) is 0 Å². The second-order valence-electron chi connectivity index (χ2n) is 17.2. The van der Waals surface area contributed by atoms with E-state index >= 15 is 0 Å². The Balaban J connectivity index is 1.82. The first kappa shape index (κ1) is 44.3. The van der Waals surface area contributed by atoms with Crippen LogP contribution in [0.3, 0.4) is 0 Å². The van der Waals surface area contributed by atoms with Crippen LogP contribution in [0, 0.1) is 17.8 Å². The first-order valence-corrected chi connectivity index (χ1v) is 19.9. The van der Waals surface area contributed by atoms with Crippen molar-refractivity contribution in [3.05, 3.63) is 11.3 Å². The Labute approximate surface area is 317 Å². The number of aliphatic hydroxyl groups excluding tert-OH is 3. The summed E-state index contributed by atoms with van der Waals surface area (Å²) in [5.74, 6) is -2.31. The lowest BCUT2D eigenvalue weighted by Crippen LogP contribution is -2.60. The highest BCUT2D eigenvalue weighted by atomic mass is 16.7. The largest absolute Gasteiger partial charge is 0.489 e. The van der Waals surface area contributed by atoms with Gasteiger partial charge in [-0.05, 0) is 86.9 Å². The van der Waals surface area contributed by atoms with Crippen LogP contribution < -0.4 is 0 Å². The second-order valence-corrected chi connectivity index (χ2v) is 17.2. The second kappa shape index (κ2) is 17.4. The Morgan fingerprint density at radius 2 is 1.62 bits per heavy atom. The highest BCUT2D eigenvalue weighted by molar-refractivity contribution is 5.73. The third kappa shape index (κ3) is 9.10. The van der Waals surface area contributed by atoms with E-state index in [2.05, 4.69) is 11.8 Å². The number of carbonyl (C=O) groups excluding carboxylic acids is 1. The zero-order chi connectivity index (χ0) is 39.8. The third-order valence-electron chi connectivity index (χ3n) is 12.7. The van der Waals surface area contributed by atoms with E-state index in [0.29, 0.717) is 18.6 Å². The van der Waals surface area contributed by atoms with E-state index in [1.807, 2.05) is 34.7 Å². The van der Waals surface area contributed by atoms with Gasteiger partial charge in [-0.1, -0.05) is 34.1 Å². The van der Waals surface area contributed by atoms with E-state index in [1.165, 1.54) is 14.0 Å². The molecule has 4 heterocycles. The Bertz CT molecular complexity index is 1260. The molecule has 0 aliphatic carbocycles. The van der Waals surface area contributed by atoms with Crippen LogP contribution in [-0.2, 0) is 38.0 Å². The number of fused-ring (bicyclic) bond motifs is 2. The van der Waals surface area contributed by atoms with Gasteiger partial charge in [-0.25, -0.2) is 0 Å². The molecule has 4 aliphatic heterocycles. The molecule has 3 saturated heterocycles. The molecule has 13 nitrogen and oxygen atoms in total. The summed E-state index contributed by atoms with van der Waals surface area (Å²) in [7, 11) is 3.55. The number of nitrogens with zero attached hydrogens (tertiary/aromatic N) is 1. The van der Waals surface area contributed by atoms with Crippen LogP contribution in [0.4, 0.5) is 0 Å². The summed E-state index contributed by atoms with van der Waals surface area (Å²) in [6, 6.07) is -0.215. The molecule has 17 atom stereocenters. The molecule has 4 N–H and O–H groups in total. The number of carbonyl (C=O) groups is 1. The number of hydrogen-bond acceptors (Lipinski definition) is 13. The van der Waals surface area contributed by atoms with Crippen LogP contribution >= 0.6 is 0 Å². The highest BCUT2D eigenvalue weighted by Crippen LogP contribution is 2.47. The van der Waals surface area contributed by atoms with Gasteiger partial charge in [-0.2, -0.15) is 0 Å². The van der Waals surface area contributed by atoms with E-state index in [0.717, 1.165) is 25.0 Å². The summed E-state index contributed by atoms with van der Waals surface area (Å²) in [5.41, 5.74) is -3.00. The zero-order valence-electron chi connectivity index (χ0n) is 34.5. The van der Waals surface area contributed by atoms with E-state index in [1.54, 1.807) is 34.6 Å². The van der Waals surface area contributed by atoms with Crippen molar-refractivity contribution >= 4 is 5.97 Å². The molecule has 0 amide bonds. The summed E-state index contributed by atoms with van der Waals surface area (Å²) in [4.78, 5) is 16.4. The lowest BCUT2D eigenvalue weighted by Gasteiger charge is -2.49. The van der Waals surface area contributed by atoms with Crippen LogP contribution in [-0.4, -0.2) is 136 Å². The summed E-state index contributed by atoms with van der Waals surface area (Å²) in [6.07, 6.45) is -5.35. The quantitative estimate of drug-likeness (QED) is 0.236. The predicted octanol–water partition coefficient (Wildman–Crippen LogP) is 4.06. The van der Waals surface area contributed by atoms with Crippen molar-refractivity contribution in [3.63, 3.8) is 0 Å². The van der Waals surface area contributed by atoms with Crippen molar-refractivity contribution in [2.75, 3.05) is 20.7 Å². The molecule has 0 aromatic rings. The zero-order valence-corrected chi connectivity index (χ0v) is 34.5. The van der Waals surface area contributed by atoms with Crippen LogP contribution in [0.1, 0.15) is 115 Å². The number of unbranched alkanes of at least 4 members (excludes halogenated alkanes) is 1. The number of cyclic esters (lactones) is 1. The topological polar surface area (TPSA) is 166 Å². The van der Waals surface area contributed by atoms with Crippen molar-refractivity contribution in [2.45, 2.75) is 199 Å². The fourth-order valence-corrected chi connectivity index (χ4v) is 9.23. The van der Waals surface area contributed by atoms with Crippen LogP contribution in [0.15, 0.2) is 11.3 Å². The maximum atomic E-state index is 14.2. The van der Waals surface area contributed by atoms with E-state index < -0.39 is 95.8 Å². The molecule has 0 radical (unpaired) electrons. The molecule has 2 bridgehead atoms. The SMILES string of the molecule is CCCCN(C)[C@H]1C[C@@H](C)O[C@@H](O[C@@H]2[C@@H](C)[C@H](O[C@H]3C[C@@](C)(OC)[C@@H](O)[C@H](C)O3)[C@@H](C)C(=O)O[C@H](CC)[C@@](C)(O)[C@H](O)[C@@H](C)C3=C(C)C[C@@]2(C)O3)[C@@H]1O. The lowest BCUT2D eigenvalue weighted by molar-refractivity contribution is -0.317. The van der Waals surface area contributed by atoms with Crippen LogP contribution in [0.25, 0.3) is 0 Å². The van der Waals surface area contributed by atoms with Gasteiger partial charge in [0.15, 0.2) is 12.6 Å². The molecule has 0 aromatic carbocycles. The molecule has 4 rings (SSSR count).